The second kappa shape index (κ2) is 5.18. The quantitative estimate of drug-likeness (QED) is 0.674. The molecule has 19 heavy (non-hydrogen) atoms. The highest BCUT2D eigenvalue weighted by Crippen LogP contribution is 2.18. The summed E-state index contributed by atoms with van der Waals surface area (Å²) in [6, 6.07) is 8.44. The Morgan fingerprint density at radius 1 is 1.42 bits per heavy atom. The van der Waals surface area contributed by atoms with E-state index in [0.717, 1.165) is 0 Å². The fourth-order valence-corrected chi connectivity index (χ4v) is 1.47. The average Bonchev–Trinajstić information content (AvgIpc) is 2.87. The van der Waals surface area contributed by atoms with Gasteiger partial charge in [0.25, 0.3) is 0 Å². The molecule has 1 heterocycles. The normalized spacial score (nSPS) is 9.89. The van der Waals surface area contributed by atoms with E-state index in [1.165, 1.54) is 30.3 Å². The molecule has 0 amide bonds. The largest absolute Gasteiger partial charge is 0.433 e. The lowest BCUT2D eigenvalue weighted by molar-refractivity contribution is -0.402. The molecule has 0 aliphatic rings. The maximum atomic E-state index is 13.1. The summed E-state index contributed by atoms with van der Waals surface area (Å²) in [6.45, 7) is 0.199. The minimum Gasteiger partial charge on any atom is -0.404 e. The molecule has 0 aliphatic heterocycles. The summed E-state index contributed by atoms with van der Waals surface area (Å²) in [4.78, 5) is 9.79. The van der Waals surface area contributed by atoms with Crippen molar-refractivity contribution in [3.05, 3.63) is 57.6 Å². The van der Waals surface area contributed by atoms with Crippen LogP contribution in [0.3, 0.4) is 0 Å². The van der Waals surface area contributed by atoms with Crippen LogP contribution in [-0.2, 0) is 6.54 Å². The van der Waals surface area contributed by atoms with Crippen LogP contribution in [0.1, 0.15) is 11.3 Å². The molecule has 2 aromatic rings. The second-order valence-electron chi connectivity index (χ2n) is 3.66. The van der Waals surface area contributed by atoms with Crippen molar-refractivity contribution in [1.29, 1.82) is 5.26 Å². The SMILES string of the molecule is N#Cc1cc(NCc2ccc([N+](=O)[O-])o2)ccc1F. The van der Waals surface area contributed by atoms with Crippen LogP contribution >= 0.6 is 0 Å². The van der Waals surface area contributed by atoms with E-state index in [2.05, 4.69) is 5.32 Å². The molecule has 7 heteroatoms. The molecule has 0 unspecified atom stereocenters. The van der Waals surface area contributed by atoms with Gasteiger partial charge in [-0.1, -0.05) is 0 Å². The summed E-state index contributed by atoms with van der Waals surface area (Å²) in [5.74, 6) is -0.565. The first-order chi connectivity index (χ1) is 9.10. The van der Waals surface area contributed by atoms with Gasteiger partial charge in [-0.2, -0.15) is 5.26 Å². The second-order valence-corrected chi connectivity index (χ2v) is 3.66. The van der Waals surface area contributed by atoms with Gasteiger partial charge >= 0.3 is 5.88 Å². The molecule has 0 radical (unpaired) electrons. The van der Waals surface area contributed by atoms with Crippen LogP contribution in [0.2, 0.25) is 0 Å². The van der Waals surface area contributed by atoms with Crippen molar-refractivity contribution in [1.82, 2.24) is 0 Å². The van der Waals surface area contributed by atoms with Gasteiger partial charge in [-0.05, 0) is 24.3 Å². The average molecular weight is 261 g/mol. The number of benzene rings is 1. The third kappa shape index (κ3) is 2.87. The van der Waals surface area contributed by atoms with Crippen LogP contribution in [0.4, 0.5) is 16.0 Å². The first-order valence-electron chi connectivity index (χ1n) is 5.27. The molecule has 0 saturated carbocycles. The van der Waals surface area contributed by atoms with E-state index in [1.54, 1.807) is 6.07 Å². The van der Waals surface area contributed by atoms with Crippen LogP contribution in [0.15, 0.2) is 34.7 Å². The third-order valence-corrected chi connectivity index (χ3v) is 2.38. The molecule has 0 spiro atoms. The number of hydrogen-bond acceptors (Lipinski definition) is 5. The Labute approximate surface area is 107 Å². The van der Waals surface area contributed by atoms with Crippen LogP contribution in [0, 0.1) is 27.3 Å². The fraction of sp³-hybridized carbons (Fsp3) is 0.0833. The summed E-state index contributed by atoms with van der Waals surface area (Å²) in [6.07, 6.45) is 0. The minimum absolute atomic E-state index is 0.0737. The molecule has 1 N–H and O–H groups in total. The van der Waals surface area contributed by atoms with Crippen LogP contribution in [0.5, 0.6) is 0 Å². The molecule has 2 rings (SSSR count). The van der Waals surface area contributed by atoms with E-state index >= 15 is 0 Å². The van der Waals surface area contributed by atoms with Gasteiger partial charge < -0.3 is 9.73 Å². The van der Waals surface area contributed by atoms with Crippen molar-refractivity contribution in [2.24, 2.45) is 0 Å². The molecule has 0 fully saturated rings. The van der Waals surface area contributed by atoms with Gasteiger partial charge in [0, 0.05) is 5.69 Å². The van der Waals surface area contributed by atoms with Crippen LogP contribution in [-0.4, -0.2) is 4.92 Å². The summed E-state index contributed by atoms with van der Waals surface area (Å²) in [5, 5.41) is 22.0. The summed E-state index contributed by atoms with van der Waals surface area (Å²) >= 11 is 0. The number of furan rings is 1. The van der Waals surface area contributed by atoms with Crippen LogP contribution < -0.4 is 5.32 Å². The predicted molar refractivity (Wildman–Crippen MR) is 63.8 cm³/mol. The van der Waals surface area contributed by atoms with E-state index in [9.17, 15) is 14.5 Å². The Bertz CT molecular complexity index is 660. The summed E-state index contributed by atoms with van der Waals surface area (Å²) in [5.41, 5.74) is 0.451. The van der Waals surface area contributed by atoms with Gasteiger partial charge in [0.15, 0.2) is 0 Å². The van der Waals surface area contributed by atoms with E-state index in [1.807, 2.05) is 0 Å². The fourth-order valence-electron chi connectivity index (χ4n) is 1.47. The highest BCUT2D eigenvalue weighted by molar-refractivity contribution is 5.49. The number of nitriles is 1. The maximum absolute atomic E-state index is 13.1. The zero-order chi connectivity index (χ0) is 13.8. The third-order valence-electron chi connectivity index (χ3n) is 2.38. The number of rotatable bonds is 4. The molecule has 0 aliphatic carbocycles. The van der Waals surface area contributed by atoms with Gasteiger partial charge in [0.2, 0.25) is 0 Å². The minimum atomic E-state index is -0.630. The van der Waals surface area contributed by atoms with Crippen molar-refractivity contribution < 1.29 is 13.7 Å². The van der Waals surface area contributed by atoms with Crippen molar-refractivity contribution >= 4 is 11.6 Å². The van der Waals surface area contributed by atoms with E-state index in [-0.39, 0.29) is 18.0 Å². The molecule has 96 valence electrons. The Morgan fingerprint density at radius 3 is 2.84 bits per heavy atom. The van der Waals surface area contributed by atoms with E-state index in [4.69, 9.17) is 9.68 Å². The standard InChI is InChI=1S/C12H8FN3O3/c13-11-3-1-9(5-8(11)6-14)15-7-10-2-4-12(19-10)16(17)18/h1-5,15H,7H2. The van der Waals surface area contributed by atoms with Gasteiger partial charge in [-0.3, -0.25) is 10.1 Å². The van der Waals surface area contributed by atoms with Crippen LogP contribution in [0.25, 0.3) is 0 Å². The predicted octanol–water partition coefficient (Wildman–Crippen LogP) is 2.81. The Kier molecular flexibility index (Phi) is 3.43. The molecule has 1 aromatic carbocycles. The zero-order valence-electron chi connectivity index (χ0n) is 9.59. The molecule has 1 aromatic heterocycles. The van der Waals surface area contributed by atoms with Gasteiger partial charge in [0.05, 0.1) is 18.2 Å². The number of nitrogens with one attached hydrogen (secondary N) is 1. The number of nitro groups is 1. The van der Waals surface area contributed by atoms with Gasteiger partial charge in [-0.15, -0.1) is 0 Å². The molecule has 0 saturated heterocycles. The summed E-state index contributed by atoms with van der Waals surface area (Å²) < 4.78 is 18.0. The highest BCUT2D eigenvalue weighted by Gasteiger charge is 2.11. The van der Waals surface area contributed by atoms with Crippen molar-refractivity contribution in [3.8, 4) is 6.07 Å². The summed E-state index contributed by atoms with van der Waals surface area (Å²) in [7, 11) is 0. The first-order valence-corrected chi connectivity index (χ1v) is 5.27. The molecule has 0 bridgehead atoms. The molecular formula is C12H8FN3O3. The number of anilines is 1. The Hall–Kier alpha value is -2.88. The highest BCUT2D eigenvalue weighted by atomic mass is 19.1. The Balaban J connectivity index is 2.06. The molecule has 0 atom stereocenters. The zero-order valence-corrected chi connectivity index (χ0v) is 9.59. The number of hydrogen-bond donors (Lipinski definition) is 1. The van der Waals surface area contributed by atoms with Gasteiger partial charge in [0.1, 0.15) is 22.6 Å². The van der Waals surface area contributed by atoms with Crippen molar-refractivity contribution in [2.45, 2.75) is 6.54 Å². The lowest BCUT2D eigenvalue weighted by Crippen LogP contribution is -1.99. The van der Waals surface area contributed by atoms with Crippen molar-refractivity contribution in [2.75, 3.05) is 5.32 Å². The number of halogens is 1. The Morgan fingerprint density at radius 2 is 2.21 bits per heavy atom. The molecular weight excluding hydrogens is 253 g/mol. The lowest BCUT2D eigenvalue weighted by atomic mass is 10.2. The first kappa shape index (κ1) is 12.6. The monoisotopic (exact) mass is 261 g/mol. The topological polar surface area (TPSA) is 92.1 Å². The smallest absolute Gasteiger partial charge is 0.404 e. The maximum Gasteiger partial charge on any atom is 0.433 e. The van der Waals surface area contributed by atoms with E-state index < -0.39 is 10.7 Å². The number of nitrogens with zero attached hydrogens (tertiary/aromatic N) is 2. The van der Waals surface area contributed by atoms with Gasteiger partial charge in [-0.25, -0.2) is 4.39 Å². The van der Waals surface area contributed by atoms with E-state index in [0.29, 0.717) is 11.4 Å². The molecule has 6 nitrogen and oxygen atoms in total. The van der Waals surface area contributed by atoms with Crippen molar-refractivity contribution in [3.63, 3.8) is 0 Å². The lowest BCUT2D eigenvalue weighted by Gasteiger charge is -2.04.